The molecule has 1 atom stereocenters. The van der Waals surface area contributed by atoms with E-state index in [1.54, 1.807) is 7.11 Å². The largest absolute Gasteiger partial charge is 0.466 e. The van der Waals surface area contributed by atoms with Crippen LogP contribution in [-0.2, 0) is 14.3 Å². The van der Waals surface area contributed by atoms with Crippen molar-refractivity contribution in [3.05, 3.63) is 0 Å². The molecule has 0 saturated heterocycles. The summed E-state index contributed by atoms with van der Waals surface area (Å²) in [5.41, 5.74) is 0. The zero-order chi connectivity index (χ0) is 9.40. The van der Waals surface area contributed by atoms with Crippen molar-refractivity contribution < 1.29 is 14.3 Å². The number of hydrogen-bond acceptors (Lipinski definition) is 3. The number of esters is 1. The van der Waals surface area contributed by atoms with Crippen molar-refractivity contribution in [1.29, 1.82) is 0 Å². The van der Waals surface area contributed by atoms with Crippen molar-refractivity contribution in [3.8, 4) is 0 Å². The summed E-state index contributed by atoms with van der Waals surface area (Å²) < 4.78 is 9.74. The van der Waals surface area contributed by atoms with Gasteiger partial charge in [-0.3, -0.25) is 4.79 Å². The monoisotopic (exact) mass is 174 g/mol. The molecule has 0 aromatic rings. The van der Waals surface area contributed by atoms with E-state index in [1.807, 2.05) is 0 Å². The first kappa shape index (κ1) is 11.4. The minimum absolute atomic E-state index is 0.200. The molecule has 0 rings (SSSR count). The van der Waals surface area contributed by atoms with Crippen LogP contribution in [0.5, 0.6) is 0 Å². The first-order valence-corrected chi connectivity index (χ1v) is 4.29. The molecule has 0 fully saturated rings. The Hall–Kier alpha value is -0.570. The Morgan fingerprint density at radius 1 is 1.33 bits per heavy atom. The van der Waals surface area contributed by atoms with Crippen LogP contribution in [0.2, 0.25) is 0 Å². The molecule has 72 valence electrons. The molecule has 0 amide bonds. The molecule has 0 aromatic heterocycles. The summed E-state index contributed by atoms with van der Waals surface area (Å²) in [6.07, 6.45) is 1.95. The standard InChI is InChI=1S/C9H18O3/c1-8(4-6-11-3)5-7-12-9(2)10/h8H,4-7H2,1-3H3. The molecule has 0 aliphatic heterocycles. The molecule has 3 nitrogen and oxygen atoms in total. The van der Waals surface area contributed by atoms with Crippen LogP contribution in [0.1, 0.15) is 26.7 Å². The van der Waals surface area contributed by atoms with Gasteiger partial charge in [0.05, 0.1) is 6.61 Å². The summed E-state index contributed by atoms with van der Waals surface area (Å²) >= 11 is 0. The lowest BCUT2D eigenvalue weighted by atomic mass is 10.1. The Morgan fingerprint density at radius 2 is 1.92 bits per heavy atom. The average molecular weight is 174 g/mol. The summed E-state index contributed by atoms with van der Waals surface area (Å²) in [6, 6.07) is 0. The zero-order valence-electron chi connectivity index (χ0n) is 8.13. The van der Waals surface area contributed by atoms with Gasteiger partial charge in [0, 0.05) is 20.6 Å². The fourth-order valence-corrected chi connectivity index (χ4v) is 0.867. The van der Waals surface area contributed by atoms with Crippen LogP contribution < -0.4 is 0 Å². The van der Waals surface area contributed by atoms with Crippen molar-refractivity contribution in [2.45, 2.75) is 26.7 Å². The number of rotatable bonds is 6. The fraction of sp³-hybridized carbons (Fsp3) is 0.889. The van der Waals surface area contributed by atoms with Gasteiger partial charge in [-0.25, -0.2) is 0 Å². The van der Waals surface area contributed by atoms with Gasteiger partial charge < -0.3 is 9.47 Å². The highest BCUT2D eigenvalue weighted by atomic mass is 16.5. The maximum Gasteiger partial charge on any atom is 0.302 e. The van der Waals surface area contributed by atoms with E-state index in [4.69, 9.17) is 9.47 Å². The van der Waals surface area contributed by atoms with E-state index >= 15 is 0 Å². The number of ether oxygens (including phenoxy) is 2. The van der Waals surface area contributed by atoms with Crippen LogP contribution in [-0.4, -0.2) is 26.3 Å². The Balaban J connectivity index is 3.19. The molecule has 0 saturated carbocycles. The van der Waals surface area contributed by atoms with Crippen molar-refractivity contribution >= 4 is 5.97 Å². The quantitative estimate of drug-likeness (QED) is 0.574. The predicted molar refractivity (Wildman–Crippen MR) is 46.9 cm³/mol. The molecular formula is C9H18O3. The molecule has 12 heavy (non-hydrogen) atoms. The van der Waals surface area contributed by atoms with E-state index in [1.165, 1.54) is 6.92 Å². The second-order valence-corrected chi connectivity index (χ2v) is 3.02. The normalized spacial score (nSPS) is 12.6. The van der Waals surface area contributed by atoms with Crippen LogP contribution in [0.15, 0.2) is 0 Å². The topological polar surface area (TPSA) is 35.5 Å². The van der Waals surface area contributed by atoms with Crippen LogP contribution in [0.3, 0.4) is 0 Å². The minimum atomic E-state index is -0.200. The van der Waals surface area contributed by atoms with Crippen LogP contribution in [0.25, 0.3) is 0 Å². The van der Waals surface area contributed by atoms with Gasteiger partial charge in [-0.2, -0.15) is 0 Å². The highest BCUT2D eigenvalue weighted by Crippen LogP contribution is 2.06. The van der Waals surface area contributed by atoms with Gasteiger partial charge in [0.2, 0.25) is 0 Å². The summed E-state index contributed by atoms with van der Waals surface area (Å²) in [4.78, 5) is 10.4. The Bertz CT molecular complexity index is 123. The van der Waals surface area contributed by atoms with Gasteiger partial charge in [-0.1, -0.05) is 6.92 Å². The van der Waals surface area contributed by atoms with E-state index in [0.717, 1.165) is 19.4 Å². The second-order valence-electron chi connectivity index (χ2n) is 3.02. The van der Waals surface area contributed by atoms with Crippen molar-refractivity contribution in [2.75, 3.05) is 20.3 Å². The second kappa shape index (κ2) is 7.10. The number of carbonyl (C=O) groups is 1. The maximum absolute atomic E-state index is 10.4. The smallest absolute Gasteiger partial charge is 0.302 e. The number of methoxy groups -OCH3 is 1. The first-order valence-electron chi connectivity index (χ1n) is 4.29. The van der Waals surface area contributed by atoms with Gasteiger partial charge in [0.15, 0.2) is 0 Å². The Morgan fingerprint density at radius 3 is 2.42 bits per heavy atom. The molecule has 0 bridgehead atoms. The van der Waals surface area contributed by atoms with Gasteiger partial charge in [0.25, 0.3) is 0 Å². The summed E-state index contributed by atoms with van der Waals surface area (Å²) in [5, 5.41) is 0. The zero-order valence-corrected chi connectivity index (χ0v) is 8.13. The van der Waals surface area contributed by atoms with Crippen molar-refractivity contribution in [2.24, 2.45) is 5.92 Å². The highest BCUT2D eigenvalue weighted by Gasteiger charge is 2.02. The van der Waals surface area contributed by atoms with Gasteiger partial charge in [0.1, 0.15) is 0 Å². The third-order valence-corrected chi connectivity index (χ3v) is 1.73. The van der Waals surface area contributed by atoms with Crippen LogP contribution >= 0.6 is 0 Å². The maximum atomic E-state index is 10.4. The lowest BCUT2D eigenvalue weighted by Gasteiger charge is -2.09. The van der Waals surface area contributed by atoms with Gasteiger partial charge in [-0.05, 0) is 18.8 Å². The summed E-state index contributed by atoms with van der Waals surface area (Å²) in [5.74, 6) is 0.359. The Kier molecular flexibility index (Phi) is 6.76. The van der Waals surface area contributed by atoms with Crippen LogP contribution in [0.4, 0.5) is 0 Å². The minimum Gasteiger partial charge on any atom is -0.466 e. The molecule has 0 aliphatic rings. The van der Waals surface area contributed by atoms with Crippen molar-refractivity contribution in [3.63, 3.8) is 0 Å². The van der Waals surface area contributed by atoms with Gasteiger partial charge >= 0.3 is 5.97 Å². The van der Waals surface area contributed by atoms with E-state index < -0.39 is 0 Å². The Labute approximate surface area is 74.0 Å². The molecule has 0 aliphatic carbocycles. The molecule has 0 aromatic carbocycles. The van der Waals surface area contributed by atoms with E-state index in [-0.39, 0.29) is 5.97 Å². The molecule has 0 radical (unpaired) electrons. The molecule has 0 spiro atoms. The average Bonchev–Trinajstić information content (AvgIpc) is 2.00. The van der Waals surface area contributed by atoms with E-state index in [9.17, 15) is 4.79 Å². The highest BCUT2D eigenvalue weighted by molar-refractivity contribution is 5.65. The van der Waals surface area contributed by atoms with Crippen LogP contribution in [0, 0.1) is 5.92 Å². The molecular weight excluding hydrogens is 156 g/mol. The number of hydrogen-bond donors (Lipinski definition) is 0. The van der Waals surface area contributed by atoms with E-state index in [0.29, 0.717) is 12.5 Å². The fourth-order valence-electron chi connectivity index (χ4n) is 0.867. The van der Waals surface area contributed by atoms with E-state index in [2.05, 4.69) is 6.92 Å². The summed E-state index contributed by atoms with van der Waals surface area (Å²) in [6.45, 7) is 4.86. The SMILES string of the molecule is COCCC(C)CCOC(C)=O. The third-order valence-electron chi connectivity index (χ3n) is 1.73. The molecule has 1 unspecified atom stereocenters. The molecule has 0 heterocycles. The number of carbonyl (C=O) groups excluding carboxylic acids is 1. The summed E-state index contributed by atoms with van der Waals surface area (Å²) in [7, 11) is 1.69. The predicted octanol–water partition coefficient (Wildman–Crippen LogP) is 1.61. The lowest BCUT2D eigenvalue weighted by Crippen LogP contribution is -2.07. The first-order chi connectivity index (χ1) is 5.66. The molecule has 3 heteroatoms. The van der Waals surface area contributed by atoms with Gasteiger partial charge in [-0.15, -0.1) is 0 Å². The third kappa shape index (κ3) is 7.54. The van der Waals surface area contributed by atoms with Crippen molar-refractivity contribution in [1.82, 2.24) is 0 Å². The lowest BCUT2D eigenvalue weighted by molar-refractivity contribution is -0.141. The molecule has 0 N–H and O–H groups in total.